The fourth-order valence-electron chi connectivity index (χ4n) is 2.24. The quantitative estimate of drug-likeness (QED) is 0.849. The van der Waals surface area contributed by atoms with E-state index in [2.05, 4.69) is 0 Å². The first-order valence-corrected chi connectivity index (χ1v) is 6.22. The third kappa shape index (κ3) is 2.23. The molecule has 0 amide bonds. The van der Waals surface area contributed by atoms with Crippen LogP contribution >= 0.6 is 11.6 Å². The Hall–Kier alpha value is -1.48. The van der Waals surface area contributed by atoms with Gasteiger partial charge < -0.3 is 14.1 Å². The molecule has 2 rings (SSSR count). The topological polar surface area (TPSA) is 31.2 Å². The minimum Gasteiger partial charge on any atom is -0.496 e. The van der Waals surface area contributed by atoms with Crippen LogP contribution in [-0.4, -0.2) is 17.5 Å². The minimum atomic E-state index is 0.188. The monoisotopic (exact) mass is 265 g/mol. The predicted molar refractivity (Wildman–Crippen MR) is 73.5 cm³/mol. The predicted octanol–water partition coefficient (Wildman–Crippen LogP) is 3.36. The van der Waals surface area contributed by atoms with Crippen molar-refractivity contribution in [3.8, 4) is 5.75 Å². The summed E-state index contributed by atoms with van der Waals surface area (Å²) in [6, 6.07) is 3.69. The molecule has 0 spiro atoms. The number of fused-ring (bicyclic) bond motifs is 1. The summed E-state index contributed by atoms with van der Waals surface area (Å²) in [5, 5.41) is 1.70. The van der Waals surface area contributed by atoms with Crippen molar-refractivity contribution in [2.75, 3.05) is 7.11 Å². The molecule has 4 heteroatoms. The van der Waals surface area contributed by atoms with Gasteiger partial charge in [0.2, 0.25) is 0 Å². The number of carbonyl (C=O) groups excluding carboxylic acids is 1. The molecule has 0 N–H and O–H groups in total. The zero-order valence-corrected chi connectivity index (χ0v) is 11.5. The lowest BCUT2D eigenvalue weighted by Crippen LogP contribution is -1.94. The second-order valence-corrected chi connectivity index (χ2v) is 4.85. The van der Waals surface area contributed by atoms with Crippen molar-refractivity contribution in [1.29, 1.82) is 0 Å². The fourth-order valence-corrected chi connectivity index (χ4v) is 2.53. The van der Waals surface area contributed by atoms with Gasteiger partial charge in [-0.1, -0.05) is 11.6 Å². The summed E-state index contributed by atoms with van der Waals surface area (Å²) in [6.07, 6.45) is 3.26. The molecule has 1 aromatic carbocycles. The summed E-state index contributed by atoms with van der Waals surface area (Å²) < 4.78 is 7.37. The number of hydrogen-bond donors (Lipinski definition) is 0. The zero-order valence-electron chi connectivity index (χ0n) is 10.8. The van der Waals surface area contributed by atoms with Crippen LogP contribution in [0.2, 0.25) is 5.02 Å². The normalized spacial score (nSPS) is 10.9. The summed E-state index contributed by atoms with van der Waals surface area (Å²) in [5.41, 5.74) is 2.05. The molecule has 0 radical (unpaired) electrons. The van der Waals surface area contributed by atoms with Gasteiger partial charge in [0.1, 0.15) is 11.5 Å². The summed E-state index contributed by atoms with van der Waals surface area (Å²) in [5.74, 6) is 0.988. The molecule has 0 aliphatic carbocycles. The number of Topliss-reactive ketones (excluding diaryl/α,β-unsaturated/α-hetero) is 1. The number of hydrogen-bond acceptors (Lipinski definition) is 2. The molecule has 0 aliphatic rings. The Morgan fingerprint density at radius 1 is 1.44 bits per heavy atom. The Balaban J connectivity index is 2.60. The minimum absolute atomic E-state index is 0.188. The number of halogens is 1. The molecular weight excluding hydrogens is 250 g/mol. The van der Waals surface area contributed by atoms with Gasteiger partial charge in [-0.15, -0.1) is 0 Å². The lowest BCUT2D eigenvalue weighted by Gasteiger charge is -2.06. The largest absolute Gasteiger partial charge is 0.496 e. The molecule has 0 fully saturated rings. The first-order chi connectivity index (χ1) is 8.54. The number of carbonyl (C=O) groups is 1. The van der Waals surface area contributed by atoms with E-state index >= 15 is 0 Å². The molecule has 0 bridgehead atoms. The lowest BCUT2D eigenvalue weighted by atomic mass is 10.1. The van der Waals surface area contributed by atoms with E-state index in [-0.39, 0.29) is 5.78 Å². The van der Waals surface area contributed by atoms with E-state index in [1.54, 1.807) is 14.0 Å². The van der Waals surface area contributed by atoms with Crippen molar-refractivity contribution in [2.24, 2.45) is 7.05 Å². The molecule has 2 aromatic rings. The van der Waals surface area contributed by atoms with Crippen molar-refractivity contribution >= 4 is 28.3 Å². The first-order valence-electron chi connectivity index (χ1n) is 5.84. The molecule has 1 heterocycles. The van der Waals surface area contributed by atoms with Crippen LogP contribution in [0, 0.1) is 0 Å². The molecule has 0 saturated carbocycles. The van der Waals surface area contributed by atoms with Gasteiger partial charge in [0, 0.05) is 25.1 Å². The standard InChI is InChI=1S/C14H16ClNO2/c1-9(17)4-5-10-8-16(2)14-11(15)6-7-12(18-3)13(10)14/h6-8H,4-5H2,1-3H3. The zero-order chi connectivity index (χ0) is 13.3. The highest BCUT2D eigenvalue weighted by Gasteiger charge is 2.14. The summed E-state index contributed by atoms with van der Waals surface area (Å²) in [4.78, 5) is 11.1. The van der Waals surface area contributed by atoms with E-state index in [0.29, 0.717) is 17.9 Å². The molecule has 0 unspecified atom stereocenters. The lowest BCUT2D eigenvalue weighted by molar-refractivity contribution is -0.116. The highest BCUT2D eigenvalue weighted by Crippen LogP contribution is 2.35. The molecule has 0 atom stereocenters. The van der Waals surface area contributed by atoms with Crippen LogP contribution in [0.15, 0.2) is 18.3 Å². The Labute approximate surface area is 111 Å². The van der Waals surface area contributed by atoms with Crippen LogP contribution < -0.4 is 4.74 Å². The van der Waals surface area contributed by atoms with Crippen LogP contribution in [0.4, 0.5) is 0 Å². The number of rotatable bonds is 4. The summed E-state index contributed by atoms with van der Waals surface area (Å²) in [6.45, 7) is 1.61. The average molecular weight is 266 g/mol. The third-order valence-electron chi connectivity index (χ3n) is 3.08. The molecule has 1 aromatic heterocycles. The van der Waals surface area contributed by atoms with E-state index in [1.165, 1.54) is 0 Å². The Kier molecular flexibility index (Phi) is 3.62. The van der Waals surface area contributed by atoms with E-state index < -0.39 is 0 Å². The van der Waals surface area contributed by atoms with Crippen LogP contribution in [-0.2, 0) is 18.3 Å². The number of ether oxygens (including phenoxy) is 1. The van der Waals surface area contributed by atoms with Crippen LogP contribution in [0.25, 0.3) is 10.9 Å². The van der Waals surface area contributed by atoms with Crippen LogP contribution in [0.5, 0.6) is 5.75 Å². The van der Waals surface area contributed by atoms with Crippen LogP contribution in [0.1, 0.15) is 18.9 Å². The highest BCUT2D eigenvalue weighted by molar-refractivity contribution is 6.35. The van der Waals surface area contributed by atoms with E-state index in [9.17, 15) is 4.79 Å². The van der Waals surface area contributed by atoms with Gasteiger partial charge in [0.25, 0.3) is 0 Å². The summed E-state index contributed by atoms with van der Waals surface area (Å²) in [7, 11) is 3.59. The summed E-state index contributed by atoms with van der Waals surface area (Å²) >= 11 is 6.22. The number of nitrogens with zero attached hydrogens (tertiary/aromatic N) is 1. The molecule has 0 saturated heterocycles. The van der Waals surface area contributed by atoms with Gasteiger partial charge in [-0.05, 0) is 31.0 Å². The maximum absolute atomic E-state index is 11.1. The van der Waals surface area contributed by atoms with Gasteiger partial charge in [-0.2, -0.15) is 0 Å². The third-order valence-corrected chi connectivity index (χ3v) is 3.39. The number of aromatic nitrogens is 1. The van der Waals surface area contributed by atoms with Crippen LogP contribution in [0.3, 0.4) is 0 Å². The molecule has 0 aliphatic heterocycles. The Morgan fingerprint density at radius 3 is 2.78 bits per heavy atom. The SMILES string of the molecule is COc1ccc(Cl)c2c1c(CCC(C)=O)cn2C. The maximum Gasteiger partial charge on any atom is 0.130 e. The second kappa shape index (κ2) is 5.02. The smallest absolute Gasteiger partial charge is 0.130 e. The van der Waals surface area contributed by atoms with Gasteiger partial charge in [-0.25, -0.2) is 0 Å². The second-order valence-electron chi connectivity index (χ2n) is 4.44. The van der Waals surface area contributed by atoms with Crippen molar-refractivity contribution < 1.29 is 9.53 Å². The molecule has 96 valence electrons. The van der Waals surface area contributed by atoms with Crippen molar-refractivity contribution in [1.82, 2.24) is 4.57 Å². The van der Waals surface area contributed by atoms with Gasteiger partial charge in [-0.3, -0.25) is 0 Å². The van der Waals surface area contributed by atoms with Crippen molar-refractivity contribution in [3.63, 3.8) is 0 Å². The Morgan fingerprint density at radius 2 is 2.17 bits per heavy atom. The van der Waals surface area contributed by atoms with E-state index in [1.807, 2.05) is 29.9 Å². The maximum atomic E-state index is 11.1. The molecule has 18 heavy (non-hydrogen) atoms. The van der Waals surface area contributed by atoms with Gasteiger partial charge in [0.15, 0.2) is 0 Å². The van der Waals surface area contributed by atoms with Gasteiger partial charge >= 0.3 is 0 Å². The number of methoxy groups -OCH3 is 1. The highest BCUT2D eigenvalue weighted by atomic mass is 35.5. The van der Waals surface area contributed by atoms with Crippen molar-refractivity contribution in [2.45, 2.75) is 19.8 Å². The van der Waals surface area contributed by atoms with Gasteiger partial charge in [0.05, 0.1) is 17.6 Å². The van der Waals surface area contributed by atoms with Crippen molar-refractivity contribution in [3.05, 3.63) is 28.9 Å². The Bertz CT molecular complexity index is 601. The van der Waals surface area contributed by atoms with E-state index in [4.69, 9.17) is 16.3 Å². The number of ketones is 1. The number of benzene rings is 1. The molecular formula is C14H16ClNO2. The van der Waals surface area contributed by atoms with E-state index in [0.717, 1.165) is 22.2 Å². The number of aryl methyl sites for hydroxylation is 2. The average Bonchev–Trinajstić information content (AvgIpc) is 2.66. The first kappa shape index (κ1) is 13.0. The molecule has 3 nitrogen and oxygen atoms in total. The fraction of sp³-hybridized carbons (Fsp3) is 0.357.